The predicted molar refractivity (Wildman–Crippen MR) is 112 cm³/mol. The summed E-state index contributed by atoms with van der Waals surface area (Å²) >= 11 is 0. The lowest BCUT2D eigenvalue weighted by molar-refractivity contribution is -0.434. The Bertz CT molecular complexity index is 669. The summed E-state index contributed by atoms with van der Waals surface area (Å²) in [6.07, 6.45) is 11.0. The van der Waals surface area contributed by atoms with Crippen molar-refractivity contribution in [1.82, 2.24) is 0 Å². The molecule has 10 heteroatoms. The predicted octanol–water partition coefficient (Wildman–Crippen LogP) is 5.37. The van der Waals surface area contributed by atoms with E-state index in [1.54, 1.807) is 0 Å². The molecule has 30 heavy (non-hydrogen) atoms. The molecule has 0 N–H and O–H groups in total. The van der Waals surface area contributed by atoms with Gasteiger partial charge in [0.2, 0.25) is 17.1 Å². The Morgan fingerprint density at radius 3 is 1.67 bits per heavy atom. The van der Waals surface area contributed by atoms with Crippen LogP contribution in [0.2, 0.25) is 0 Å². The summed E-state index contributed by atoms with van der Waals surface area (Å²) in [6, 6.07) is 0. The number of unbranched alkanes of at least 4 members (excludes halogenated alkanes) is 7. The molecule has 0 saturated carbocycles. The zero-order valence-electron chi connectivity index (χ0n) is 17.5. The Hall–Kier alpha value is -2.91. The number of carbonyl (C=O) groups excluding carboxylic acids is 1. The van der Waals surface area contributed by atoms with Gasteiger partial charge in [0.1, 0.15) is 6.29 Å². The van der Waals surface area contributed by atoms with Crippen LogP contribution in [-0.4, -0.2) is 21.1 Å². The fraction of sp³-hybridized carbons (Fsp3) is 0.650. The number of aldehydes is 1. The molecular formula is C20H31N3O7. The van der Waals surface area contributed by atoms with Gasteiger partial charge >= 0.3 is 0 Å². The lowest BCUT2D eigenvalue weighted by atomic mass is 10.1. The van der Waals surface area contributed by atoms with Crippen LogP contribution < -0.4 is 0 Å². The van der Waals surface area contributed by atoms with Gasteiger partial charge in [0.15, 0.2) is 0 Å². The van der Waals surface area contributed by atoms with Gasteiger partial charge in [0.05, 0.1) is 27.6 Å². The zero-order valence-corrected chi connectivity index (χ0v) is 17.5. The van der Waals surface area contributed by atoms with Gasteiger partial charge in [0.25, 0.3) is 0 Å². The monoisotopic (exact) mass is 425 g/mol. The van der Waals surface area contributed by atoms with Gasteiger partial charge in [-0.2, -0.15) is 0 Å². The highest BCUT2D eigenvalue weighted by Gasteiger charge is 2.17. The summed E-state index contributed by atoms with van der Waals surface area (Å²) < 4.78 is 0. The molecule has 0 aromatic heterocycles. The van der Waals surface area contributed by atoms with E-state index in [1.165, 1.54) is 12.2 Å². The van der Waals surface area contributed by atoms with Gasteiger partial charge in [-0.1, -0.05) is 32.6 Å². The summed E-state index contributed by atoms with van der Waals surface area (Å²) in [5, 5.41) is 33.5. The molecule has 0 aromatic rings. The van der Waals surface area contributed by atoms with Gasteiger partial charge in [-0.15, -0.1) is 0 Å². The molecule has 0 spiro atoms. The third kappa shape index (κ3) is 13.3. The van der Waals surface area contributed by atoms with Crippen LogP contribution in [0.4, 0.5) is 0 Å². The minimum Gasteiger partial charge on any atom is -0.303 e. The fourth-order valence-corrected chi connectivity index (χ4v) is 2.73. The maximum atomic E-state index is 11.2. The van der Waals surface area contributed by atoms with Crippen LogP contribution in [-0.2, 0) is 4.79 Å². The van der Waals surface area contributed by atoms with Crippen molar-refractivity contribution in [1.29, 1.82) is 0 Å². The first-order valence-corrected chi connectivity index (χ1v) is 10.3. The third-order valence-electron chi connectivity index (χ3n) is 4.49. The molecular weight excluding hydrogens is 394 g/mol. The molecule has 0 heterocycles. The van der Waals surface area contributed by atoms with Crippen molar-refractivity contribution in [2.75, 3.05) is 0 Å². The van der Waals surface area contributed by atoms with Crippen molar-refractivity contribution >= 4 is 6.29 Å². The van der Waals surface area contributed by atoms with E-state index < -0.39 is 14.8 Å². The van der Waals surface area contributed by atoms with Gasteiger partial charge in [-0.25, -0.2) is 0 Å². The molecule has 168 valence electrons. The maximum absolute atomic E-state index is 11.2. The van der Waals surface area contributed by atoms with Crippen molar-refractivity contribution in [3.63, 3.8) is 0 Å². The Labute approximate surface area is 176 Å². The number of hydrogen-bond acceptors (Lipinski definition) is 7. The smallest absolute Gasteiger partial charge is 0.246 e. The molecule has 0 bridgehead atoms. The van der Waals surface area contributed by atoms with E-state index in [2.05, 4.69) is 0 Å². The Balaban J connectivity index is 4.95. The average Bonchev–Trinajstić information content (AvgIpc) is 2.69. The zero-order chi connectivity index (χ0) is 22.8. The summed E-state index contributed by atoms with van der Waals surface area (Å²) in [5.74, 6) is 0. The summed E-state index contributed by atoms with van der Waals surface area (Å²) in [6.45, 7) is 1.97. The van der Waals surface area contributed by atoms with Crippen molar-refractivity contribution in [3.05, 3.63) is 65.7 Å². The molecule has 0 amide bonds. The van der Waals surface area contributed by atoms with Crippen molar-refractivity contribution in [2.24, 2.45) is 0 Å². The average molecular weight is 425 g/mol. The molecule has 0 unspecified atom stereocenters. The molecule has 0 rings (SSSR count). The molecule has 0 saturated heterocycles. The highest BCUT2D eigenvalue weighted by Crippen LogP contribution is 2.16. The number of hydrogen-bond donors (Lipinski definition) is 0. The number of allylic oxidation sites excluding steroid dienone is 4. The standard InChI is InChI=1S/C20H31N3O7/c1-2-3-8-11-18(21(25)26)13-15-20(23(29)30)16-14-19(22(27)28)12-9-6-4-5-7-10-17-24/h12-13,16-17H,2-11,14-15H2,1H3/b18-13+,19-12+,20-16+. The van der Waals surface area contributed by atoms with E-state index in [4.69, 9.17) is 0 Å². The normalized spacial score (nSPS) is 12.6. The van der Waals surface area contributed by atoms with Gasteiger partial charge < -0.3 is 4.79 Å². The van der Waals surface area contributed by atoms with Gasteiger partial charge in [-0.05, 0) is 43.9 Å². The maximum Gasteiger partial charge on any atom is 0.246 e. The van der Waals surface area contributed by atoms with Crippen LogP contribution in [0, 0.1) is 30.3 Å². The van der Waals surface area contributed by atoms with E-state index in [-0.39, 0.29) is 36.4 Å². The lowest BCUT2D eigenvalue weighted by Crippen LogP contribution is -2.03. The molecule has 0 aromatic carbocycles. The van der Waals surface area contributed by atoms with Crippen LogP contribution in [0.3, 0.4) is 0 Å². The Kier molecular flexibility index (Phi) is 15.3. The lowest BCUT2D eigenvalue weighted by Gasteiger charge is -2.00. The molecule has 0 aliphatic rings. The van der Waals surface area contributed by atoms with E-state index in [0.717, 1.165) is 50.9 Å². The van der Waals surface area contributed by atoms with Gasteiger partial charge in [-0.3, -0.25) is 30.3 Å². The summed E-state index contributed by atoms with van der Waals surface area (Å²) in [5.41, 5.74) is -0.508. The Morgan fingerprint density at radius 2 is 1.17 bits per heavy atom. The van der Waals surface area contributed by atoms with Crippen molar-refractivity contribution < 1.29 is 19.6 Å². The number of nitrogens with zero attached hydrogens (tertiary/aromatic N) is 3. The molecule has 0 fully saturated rings. The van der Waals surface area contributed by atoms with Crippen LogP contribution in [0.25, 0.3) is 0 Å². The van der Waals surface area contributed by atoms with Gasteiger partial charge in [0, 0.05) is 12.8 Å². The van der Waals surface area contributed by atoms with Crippen molar-refractivity contribution in [3.8, 4) is 0 Å². The third-order valence-corrected chi connectivity index (χ3v) is 4.49. The first kappa shape index (κ1) is 27.1. The van der Waals surface area contributed by atoms with E-state index >= 15 is 0 Å². The second kappa shape index (κ2) is 17.0. The number of nitro groups is 3. The summed E-state index contributed by atoms with van der Waals surface area (Å²) in [4.78, 5) is 42.0. The second-order valence-electron chi connectivity index (χ2n) is 6.88. The SMILES string of the molecule is CCCCC/C(=C\C/C(=C\C/C(=C\CCCCCCC=O)[N+](=O)[O-])[N+](=O)[O-])[N+](=O)[O-]. The van der Waals surface area contributed by atoms with Crippen LogP contribution in [0.5, 0.6) is 0 Å². The first-order valence-electron chi connectivity index (χ1n) is 10.3. The van der Waals surface area contributed by atoms with Crippen LogP contribution in [0.1, 0.15) is 84.0 Å². The van der Waals surface area contributed by atoms with Crippen molar-refractivity contribution in [2.45, 2.75) is 84.0 Å². The van der Waals surface area contributed by atoms with E-state index in [1.807, 2.05) is 6.92 Å². The molecule has 0 atom stereocenters. The minimum absolute atomic E-state index is 0.0733. The van der Waals surface area contributed by atoms with E-state index in [9.17, 15) is 35.1 Å². The quantitative estimate of drug-likeness (QED) is 0.124. The molecule has 0 aliphatic carbocycles. The Morgan fingerprint density at radius 1 is 0.667 bits per heavy atom. The largest absolute Gasteiger partial charge is 0.303 e. The highest BCUT2D eigenvalue weighted by molar-refractivity contribution is 5.48. The minimum atomic E-state index is -0.662. The topological polar surface area (TPSA) is 146 Å². The number of carbonyl (C=O) groups is 1. The first-order chi connectivity index (χ1) is 14.3. The second-order valence-corrected chi connectivity index (χ2v) is 6.88. The molecule has 10 nitrogen and oxygen atoms in total. The van der Waals surface area contributed by atoms with Crippen LogP contribution >= 0.6 is 0 Å². The van der Waals surface area contributed by atoms with Crippen LogP contribution in [0.15, 0.2) is 35.3 Å². The summed E-state index contributed by atoms with van der Waals surface area (Å²) in [7, 11) is 0. The molecule has 0 radical (unpaired) electrons. The highest BCUT2D eigenvalue weighted by atomic mass is 16.6. The van der Waals surface area contributed by atoms with E-state index in [0.29, 0.717) is 19.3 Å². The fourth-order valence-electron chi connectivity index (χ4n) is 2.73. The number of rotatable bonds is 18. The molecule has 0 aliphatic heterocycles.